The average molecular weight is 642 g/mol. The fourth-order valence-electron chi connectivity index (χ4n) is 5.52. The van der Waals surface area contributed by atoms with Gasteiger partial charge in [-0.15, -0.1) is 0 Å². The van der Waals surface area contributed by atoms with E-state index in [1.54, 1.807) is 6.08 Å². The van der Waals surface area contributed by atoms with Crippen LogP contribution in [0, 0.1) is 0 Å². The monoisotopic (exact) mass is 641 g/mol. The van der Waals surface area contributed by atoms with Crippen molar-refractivity contribution in [3.63, 3.8) is 0 Å². The number of aliphatic hydroxyl groups is 5. The third-order valence-corrected chi connectivity index (χ3v) is 8.53. The van der Waals surface area contributed by atoms with Gasteiger partial charge in [0.1, 0.15) is 24.4 Å². The Morgan fingerprint density at radius 2 is 1.27 bits per heavy atom. The second-order valence-corrected chi connectivity index (χ2v) is 12.7. The number of unbranched alkanes of at least 4 members (excludes halogenated alkanes) is 16. The van der Waals surface area contributed by atoms with Crippen molar-refractivity contribution in [3.8, 4) is 0 Å². The van der Waals surface area contributed by atoms with Gasteiger partial charge in [0.15, 0.2) is 6.29 Å². The Morgan fingerprint density at radius 1 is 0.733 bits per heavy atom. The van der Waals surface area contributed by atoms with Crippen molar-refractivity contribution in [2.24, 2.45) is 0 Å². The van der Waals surface area contributed by atoms with Gasteiger partial charge in [-0.25, -0.2) is 0 Å². The molecule has 2 unspecified atom stereocenters. The minimum absolute atomic E-state index is 0.192. The van der Waals surface area contributed by atoms with Crippen molar-refractivity contribution in [1.82, 2.24) is 5.32 Å². The lowest BCUT2D eigenvalue weighted by Gasteiger charge is -2.40. The number of ether oxygens (including phenoxy) is 2. The van der Waals surface area contributed by atoms with Crippen molar-refractivity contribution < 1.29 is 39.8 Å². The topological polar surface area (TPSA) is 149 Å². The molecule has 0 radical (unpaired) electrons. The van der Waals surface area contributed by atoms with Gasteiger partial charge in [-0.05, 0) is 32.1 Å². The van der Waals surface area contributed by atoms with Gasteiger partial charge in [0.05, 0.1) is 25.4 Å². The van der Waals surface area contributed by atoms with E-state index >= 15 is 0 Å². The molecule has 0 saturated carbocycles. The highest BCUT2D eigenvalue weighted by Gasteiger charge is 2.44. The summed E-state index contributed by atoms with van der Waals surface area (Å²) in [4.78, 5) is 12.8. The molecule has 7 atom stereocenters. The molecule has 0 spiro atoms. The molecule has 1 amide bonds. The standard InChI is InChI=1S/C36H67NO8/c1-3-5-7-9-11-13-15-16-18-20-22-24-26-32(40)37-29(28-44-36-35(43)34(42)33(41)31(27-38)45-36)30(39)25-23-21-19-17-14-12-10-8-6-4-2/h14,17,23,25,29-31,33-36,38-39,41-43H,3-13,15-16,18-22,24,26-28H2,1-2H3,(H,37,40)/b17-14+,25-23+/t29-,30+,31+,33+,34?,35?,36+/m0/s1. The SMILES string of the molecule is CCCCCC/C=C/CC/C=C/[C@@H](O)[C@H](CO[C@@H]1O[C@H](CO)[C@@H](O)C(O)C1O)NC(=O)CCCCCCCCCCCCCC. The second kappa shape index (κ2) is 27.8. The van der Waals surface area contributed by atoms with Crippen LogP contribution in [-0.2, 0) is 14.3 Å². The van der Waals surface area contributed by atoms with Crippen LogP contribution in [-0.4, -0.2) is 87.5 Å². The summed E-state index contributed by atoms with van der Waals surface area (Å²) in [5, 5.41) is 53.7. The van der Waals surface area contributed by atoms with Crippen molar-refractivity contribution in [1.29, 1.82) is 0 Å². The molecule has 9 nitrogen and oxygen atoms in total. The highest BCUT2D eigenvalue weighted by atomic mass is 16.7. The molecule has 1 aliphatic heterocycles. The van der Waals surface area contributed by atoms with E-state index in [9.17, 15) is 30.3 Å². The van der Waals surface area contributed by atoms with Gasteiger partial charge in [0.2, 0.25) is 5.91 Å². The quantitative estimate of drug-likeness (QED) is 0.0478. The van der Waals surface area contributed by atoms with Crippen LogP contribution in [0.2, 0.25) is 0 Å². The molecule has 1 aliphatic rings. The molecular weight excluding hydrogens is 574 g/mol. The number of rotatable bonds is 28. The Hall–Kier alpha value is -1.33. The predicted molar refractivity (Wildman–Crippen MR) is 180 cm³/mol. The van der Waals surface area contributed by atoms with E-state index in [-0.39, 0.29) is 12.5 Å². The van der Waals surface area contributed by atoms with E-state index in [1.807, 2.05) is 6.08 Å². The maximum Gasteiger partial charge on any atom is 0.220 e. The van der Waals surface area contributed by atoms with Crippen molar-refractivity contribution in [2.45, 2.75) is 185 Å². The van der Waals surface area contributed by atoms with E-state index < -0.39 is 49.5 Å². The Kier molecular flexibility index (Phi) is 25.7. The fourth-order valence-corrected chi connectivity index (χ4v) is 5.52. The highest BCUT2D eigenvalue weighted by Crippen LogP contribution is 2.22. The lowest BCUT2D eigenvalue weighted by atomic mass is 9.99. The molecule has 1 fully saturated rings. The first-order valence-electron chi connectivity index (χ1n) is 18.1. The zero-order valence-corrected chi connectivity index (χ0v) is 28.4. The summed E-state index contributed by atoms with van der Waals surface area (Å²) in [6, 6.07) is -0.812. The second-order valence-electron chi connectivity index (χ2n) is 12.7. The van der Waals surface area contributed by atoms with Crippen molar-refractivity contribution in [3.05, 3.63) is 24.3 Å². The Morgan fingerprint density at radius 3 is 1.87 bits per heavy atom. The number of amides is 1. The maximum absolute atomic E-state index is 12.8. The van der Waals surface area contributed by atoms with Gasteiger partial charge in [-0.2, -0.15) is 0 Å². The minimum Gasteiger partial charge on any atom is -0.394 e. The number of carbonyl (C=O) groups excluding carboxylic acids is 1. The Balaban J connectivity index is 2.51. The molecule has 1 saturated heterocycles. The first-order chi connectivity index (χ1) is 21.8. The van der Waals surface area contributed by atoms with E-state index in [0.717, 1.165) is 38.5 Å². The van der Waals surface area contributed by atoms with Gasteiger partial charge in [-0.3, -0.25) is 4.79 Å². The van der Waals surface area contributed by atoms with Gasteiger partial charge < -0.3 is 40.3 Å². The first kappa shape index (κ1) is 41.7. The van der Waals surface area contributed by atoms with Crippen LogP contribution in [0.3, 0.4) is 0 Å². The van der Waals surface area contributed by atoms with Crippen molar-refractivity contribution in [2.75, 3.05) is 13.2 Å². The summed E-state index contributed by atoms with van der Waals surface area (Å²) in [6.45, 7) is 3.68. The minimum atomic E-state index is -1.57. The molecule has 1 heterocycles. The average Bonchev–Trinajstić information content (AvgIpc) is 3.04. The predicted octanol–water partition coefficient (Wildman–Crippen LogP) is 5.60. The summed E-state index contributed by atoms with van der Waals surface area (Å²) in [5.74, 6) is -0.192. The molecular formula is C36H67NO8. The number of nitrogens with one attached hydrogen (secondary N) is 1. The lowest BCUT2D eigenvalue weighted by Crippen LogP contribution is -2.60. The van der Waals surface area contributed by atoms with Gasteiger partial charge in [-0.1, -0.05) is 128 Å². The third-order valence-electron chi connectivity index (χ3n) is 8.53. The van der Waals surface area contributed by atoms with Crippen LogP contribution in [0.1, 0.15) is 142 Å². The van der Waals surface area contributed by atoms with Crippen LogP contribution in [0.5, 0.6) is 0 Å². The molecule has 0 bridgehead atoms. The molecule has 6 N–H and O–H groups in total. The molecule has 0 aliphatic carbocycles. The van der Waals surface area contributed by atoms with Gasteiger partial charge >= 0.3 is 0 Å². The molecule has 1 rings (SSSR count). The smallest absolute Gasteiger partial charge is 0.220 e. The molecule has 9 heteroatoms. The van der Waals surface area contributed by atoms with Crippen LogP contribution in [0.15, 0.2) is 24.3 Å². The maximum atomic E-state index is 12.8. The number of aliphatic hydroxyl groups excluding tert-OH is 5. The highest BCUT2D eigenvalue weighted by molar-refractivity contribution is 5.76. The normalized spacial score (nSPS) is 23.6. The number of carbonyl (C=O) groups is 1. The lowest BCUT2D eigenvalue weighted by molar-refractivity contribution is -0.302. The first-order valence-corrected chi connectivity index (χ1v) is 18.1. The summed E-state index contributed by atoms with van der Waals surface area (Å²) >= 11 is 0. The zero-order valence-electron chi connectivity index (χ0n) is 28.4. The fraction of sp³-hybridized carbons (Fsp3) is 0.861. The van der Waals surface area contributed by atoms with Gasteiger partial charge in [0, 0.05) is 6.42 Å². The number of hydrogen-bond acceptors (Lipinski definition) is 8. The summed E-state index contributed by atoms with van der Waals surface area (Å²) < 4.78 is 11.1. The summed E-state index contributed by atoms with van der Waals surface area (Å²) in [7, 11) is 0. The van der Waals surface area contributed by atoms with E-state index in [1.165, 1.54) is 83.5 Å². The molecule has 0 aromatic heterocycles. The molecule has 45 heavy (non-hydrogen) atoms. The molecule has 0 aromatic rings. The Labute approximate surface area is 273 Å². The van der Waals surface area contributed by atoms with Crippen LogP contribution < -0.4 is 5.32 Å². The number of allylic oxidation sites excluding steroid dienone is 3. The van der Waals surface area contributed by atoms with Gasteiger partial charge in [0.25, 0.3) is 0 Å². The largest absolute Gasteiger partial charge is 0.394 e. The molecule has 264 valence electrons. The van der Waals surface area contributed by atoms with Crippen molar-refractivity contribution >= 4 is 5.91 Å². The van der Waals surface area contributed by atoms with Crippen LogP contribution in [0.4, 0.5) is 0 Å². The number of hydrogen-bond donors (Lipinski definition) is 6. The zero-order chi connectivity index (χ0) is 33.1. The molecule has 0 aromatic carbocycles. The van der Waals surface area contributed by atoms with E-state index in [2.05, 4.69) is 31.3 Å². The summed E-state index contributed by atoms with van der Waals surface area (Å²) in [6.07, 6.45) is 22.3. The third kappa shape index (κ3) is 19.8. The van der Waals surface area contributed by atoms with E-state index in [0.29, 0.717) is 6.42 Å². The van der Waals surface area contributed by atoms with Crippen LogP contribution >= 0.6 is 0 Å². The van der Waals surface area contributed by atoms with E-state index in [4.69, 9.17) is 9.47 Å². The Bertz CT molecular complexity index is 761. The summed E-state index contributed by atoms with van der Waals surface area (Å²) in [5.41, 5.74) is 0. The van der Waals surface area contributed by atoms with Crippen LogP contribution in [0.25, 0.3) is 0 Å².